The maximum atomic E-state index is 12.2. The van der Waals surface area contributed by atoms with Crippen LogP contribution in [0.25, 0.3) is 4.98 Å². The molecular weight excluding hydrogens is 212 g/mol. The summed E-state index contributed by atoms with van der Waals surface area (Å²) in [5.41, 5.74) is 2.76. The molecule has 1 aliphatic carbocycles. The topological polar surface area (TPSA) is 45.2 Å². The van der Waals surface area contributed by atoms with E-state index in [2.05, 4.69) is 4.98 Å². The zero-order valence-corrected chi connectivity index (χ0v) is 9.00. The Morgan fingerprint density at radius 2 is 1.35 bits per heavy atom. The van der Waals surface area contributed by atoms with E-state index in [1.54, 1.807) is 12.1 Å². The molecule has 1 aliphatic rings. The average Bonchev–Trinajstić information content (AvgIpc) is 2.40. The highest BCUT2D eigenvalue weighted by molar-refractivity contribution is 6.12. The van der Waals surface area contributed by atoms with Gasteiger partial charge in [0.05, 0.1) is 11.1 Å². The maximum absolute atomic E-state index is 12.2. The largest absolute Gasteiger partial charge is 0.365 e. The highest BCUT2D eigenvalue weighted by atomic mass is 16.1. The molecule has 0 aromatic heterocycles. The lowest BCUT2D eigenvalue weighted by atomic mass is 9.82. The van der Waals surface area contributed by atoms with E-state index in [-0.39, 0.29) is 5.78 Å². The summed E-state index contributed by atoms with van der Waals surface area (Å²) < 4.78 is 0. The summed E-state index contributed by atoms with van der Waals surface area (Å²) in [6.07, 6.45) is 0. The fourth-order valence-corrected chi connectivity index (χ4v) is 2.32. The van der Waals surface area contributed by atoms with Crippen molar-refractivity contribution in [3.63, 3.8) is 0 Å². The van der Waals surface area contributed by atoms with Gasteiger partial charge in [-0.15, -0.1) is 0 Å². The van der Waals surface area contributed by atoms with Gasteiger partial charge in [0.2, 0.25) is 5.39 Å². The third kappa shape index (κ3) is 1.28. The number of carbonyl (C=O) groups is 1. The number of hydrogen-bond donors (Lipinski definition) is 0. The van der Waals surface area contributed by atoms with Gasteiger partial charge in [0.15, 0.2) is 5.78 Å². The van der Waals surface area contributed by atoms with Crippen molar-refractivity contribution in [3.05, 3.63) is 75.8 Å². The number of rotatable bonds is 0. The van der Waals surface area contributed by atoms with Crippen molar-refractivity contribution < 1.29 is 4.79 Å². The van der Waals surface area contributed by atoms with Crippen LogP contribution in [0, 0.1) is 5.39 Å². The Morgan fingerprint density at radius 1 is 0.882 bits per heavy atom. The summed E-state index contributed by atoms with van der Waals surface area (Å²) in [6.45, 7) is 0. The third-order valence-electron chi connectivity index (χ3n) is 3.12. The van der Waals surface area contributed by atoms with Crippen molar-refractivity contribution in [3.8, 4) is 0 Å². The first kappa shape index (κ1) is 9.73. The van der Waals surface area contributed by atoms with Crippen molar-refractivity contribution in [2.24, 2.45) is 0 Å². The Labute approximate surface area is 98.3 Å². The molecule has 0 saturated heterocycles. The second-order valence-electron chi connectivity index (χ2n) is 4.02. The fraction of sp³-hybridized carbons (Fsp3) is 0.0714. The second kappa shape index (κ2) is 3.53. The van der Waals surface area contributed by atoms with Crippen LogP contribution in [-0.2, 0) is 0 Å². The minimum Gasteiger partial charge on any atom is -0.289 e. The van der Waals surface area contributed by atoms with E-state index >= 15 is 0 Å². The lowest BCUT2D eigenvalue weighted by molar-refractivity contribution is 0.103. The summed E-state index contributed by atoms with van der Waals surface area (Å²) >= 11 is 0. The smallest absolute Gasteiger partial charge is 0.289 e. The second-order valence-corrected chi connectivity index (χ2v) is 4.02. The van der Waals surface area contributed by atoms with Crippen molar-refractivity contribution >= 4 is 5.78 Å². The van der Waals surface area contributed by atoms with E-state index in [0.29, 0.717) is 11.1 Å². The van der Waals surface area contributed by atoms with Crippen molar-refractivity contribution in [1.29, 1.82) is 5.39 Å². The van der Waals surface area contributed by atoms with E-state index in [1.165, 1.54) is 0 Å². The van der Waals surface area contributed by atoms with Gasteiger partial charge in [-0.25, -0.2) is 0 Å². The summed E-state index contributed by atoms with van der Waals surface area (Å²) in [5.74, 6) is -0.00361. The molecule has 3 nitrogen and oxygen atoms in total. The molecule has 0 atom stereocenters. The van der Waals surface area contributed by atoms with E-state index in [4.69, 9.17) is 0 Å². The Kier molecular flexibility index (Phi) is 2.02. The van der Waals surface area contributed by atoms with Gasteiger partial charge in [-0.05, 0) is 12.1 Å². The molecule has 0 spiro atoms. The molecule has 2 aromatic carbocycles. The highest BCUT2D eigenvalue weighted by Crippen LogP contribution is 2.36. The average molecular weight is 221 g/mol. The number of ketones is 1. The quantitative estimate of drug-likeness (QED) is 0.641. The molecule has 80 valence electrons. The summed E-state index contributed by atoms with van der Waals surface area (Å²) in [5, 5.41) is 9.18. The molecule has 0 radical (unpaired) electrons. The zero-order valence-electron chi connectivity index (χ0n) is 9.00. The molecule has 0 amide bonds. The van der Waals surface area contributed by atoms with Gasteiger partial charge >= 0.3 is 6.04 Å². The van der Waals surface area contributed by atoms with Gasteiger partial charge in [0, 0.05) is 11.1 Å². The van der Waals surface area contributed by atoms with Crippen molar-refractivity contribution in [1.82, 2.24) is 0 Å². The van der Waals surface area contributed by atoms with Crippen molar-refractivity contribution in [2.45, 2.75) is 6.04 Å². The molecule has 3 heteroatoms. The van der Waals surface area contributed by atoms with Crippen LogP contribution < -0.4 is 0 Å². The minimum atomic E-state index is -0.458. The summed E-state index contributed by atoms with van der Waals surface area (Å²) in [7, 11) is 0. The first-order valence-corrected chi connectivity index (χ1v) is 5.39. The fourth-order valence-electron chi connectivity index (χ4n) is 2.32. The number of carbonyl (C=O) groups excluding carboxylic acids is 1. The van der Waals surface area contributed by atoms with E-state index in [0.717, 1.165) is 11.1 Å². The molecule has 0 saturated carbocycles. The molecule has 0 heterocycles. The third-order valence-corrected chi connectivity index (χ3v) is 3.12. The Balaban J connectivity index is 2.34. The van der Waals surface area contributed by atoms with Gasteiger partial charge < -0.3 is 0 Å². The van der Waals surface area contributed by atoms with Crippen LogP contribution in [0.15, 0.2) is 48.5 Å². The Hall–Kier alpha value is -2.47. The Bertz CT molecular complexity index is 606. The lowest BCUT2D eigenvalue weighted by Gasteiger charge is -2.16. The lowest BCUT2D eigenvalue weighted by Crippen LogP contribution is -2.17. The minimum absolute atomic E-state index is 0.00361. The van der Waals surface area contributed by atoms with Crippen LogP contribution in [0.3, 0.4) is 0 Å². The highest BCUT2D eigenvalue weighted by Gasteiger charge is 2.38. The van der Waals surface area contributed by atoms with Crippen LogP contribution in [0.4, 0.5) is 0 Å². The van der Waals surface area contributed by atoms with Gasteiger partial charge in [0.25, 0.3) is 0 Å². The van der Waals surface area contributed by atoms with Crippen LogP contribution in [0.5, 0.6) is 0 Å². The number of nitrogens with zero attached hydrogens (tertiary/aromatic N) is 2. The summed E-state index contributed by atoms with van der Waals surface area (Å²) in [4.78, 5) is 15.7. The number of hydrogen-bond acceptors (Lipinski definition) is 2. The van der Waals surface area contributed by atoms with Gasteiger partial charge in [0.1, 0.15) is 4.98 Å². The van der Waals surface area contributed by atoms with Gasteiger partial charge in [-0.1, -0.05) is 36.4 Å². The predicted molar refractivity (Wildman–Crippen MR) is 63.2 cm³/mol. The first-order chi connectivity index (χ1) is 8.33. The monoisotopic (exact) mass is 221 g/mol. The normalized spacial score (nSPS) is 13.7. The van der Waals surface area contributed by atoms with Crippen LogP contribution in [-0.4, -0.2) is 5.78 Å². The molecule has 0 unspecified atom stereocenters. The molecule has 0 aliphatic heterocycles. The molecule has 0 N–H and O–H groups in total. The molecule has 0 fully saturated rings. The summed E-state index contributed by atoms with van der Waals surface area (Å²) in [6, 6.07) is 14.1. The molecule has 0 bridgehead atoms. The van der Waals surface area contributed by atoms with Crippen LogP contribution in [0.1, 0.15) is 33.1 Å². The molecule has 17 heavy (non-hydrogen) atoms. The predicted octanol–water partition coefficient (Wildman–Crippen LogP) is 3.17. The van der Waals surface area contributed by atoms with Crippen LogP contribution >= 0.6 is 0 Å². The SMILES string of the molecule is N#[N+]C1c2ccccc2C(=O)c2ccccc21. The van der Waals surface area contributed by atoms with Gasteiger partial charge in [-0.3, -0.25) is 4.79 Å². The first-order valence-electron chi connectivity index (χ1n) is 5.39. The van der Waals surface area contributed by atoms with Crippen LogP contribution in [0.2, 0.25) is 0 Å². The standard InChI is InChI=1S/C14H9N2O/c15-16-13-9-5-1-3-7-11(9)14(17)12-8-4-2-6-10(12)13/h1-8,13H/q+1. The maximum Gasteiger partial charge on any atom is 0.365 e. The van der Waals surface area contributed by atoms with E-state index < -0.39 is 6.04 Å². The number of diazo groups is 1. The Morgan fingerprint density at radius 3 is 1.82 bits per heavy atom. The molecule has 3 rings (SSSR count). The van der Waals surface area contributed by atoms with E-state index in [9.17, 15) is 10.2 Å². The van der Waals surface area contributed by atoms with E-state index in [1.807, 2.05) is 36.4 Å². The molecule has 2 aromatic rings. The van der Waals surface area contributed by atoms with Crippen molar-refractivity contribution in [2.75, 3.05) is 0 Å². The number of fused-ring (bicyclic) bond motifs is 2. The number of benzene rings is 2. The zero-order chi connectivity index (χ0) is 11.8. The molecular formula is C14H9N2O+. The van der Waals surface area contributed by atoms with Gasteiger partial charge in [-0.2, -0.15) is 0 Å².